The van der Waals surface area contributed by atoms with Gasteiger partial charge in [-0.05, 0) is 37.3 Å². The van der Waals surface area contributed by atoms with E-state index in [1.54, 1.807) is 0 Å². The molecule has 3 heteroatoms. The number of hydrogen-bond acceptors (Lipinski definition) is 3. The van der Waals surface area contributed by atoms with Crippen molar-refractivity contribution in [2.45, 2.75) is 19.4 Å². The quantitative estimate of drug-likeness (QED) is 0.660. The van der Waals surface area contributed by atoms with Gasteiger partial charge in [-0.3, -0.25) is 0 Å². The molecular formula is C8H17NOS. The highest BCUT2D eigenvalue weighted by Crippen LogP contribution is 2.22. The van der Waals surface area contributed by atoms with Crippen LogP contribution in [0.4, 0.5) is 0 Å². The highest BCUT2D eigenvalue weighted by molar-refractivity contribution is 7.99. The van der Waals surface area contributed by atoms with Crippen molar-refractivity contribution in [2.24, 2.45) is 5.92 Å². The van der Waals surface area contributed by atoms with E-state index in [9.17, 15) is 0 Å². The number of hydrogen-bond donors (Lipinski definition) is 2. The van der Waals surface area contributed by atoms with E-state index in [0.29, 0.717) is 0 Å². The topological polar surface area (TPSA) is 32.3 Å². The summed E-state index contributed by atoms with van der Waals surface area (Å²) in [4.78, 5) is 0. The Morgan fingerprint density at radius 3 is 3.09 bits per heavy atom. The predicted octanol–water partition coefficient (Wildman–Crippen LogP) is 0.710. The molecule has 1 aliphatic rings. The monoisotopic (exact) mass is 175 g/mol. The lowest BCUT2D eigenvalue weighted by molar-refractivity contribution is 0.189. The van der Waals surface area contributed by atoms with E-state index in [1.807, 2.05) is 18.7 Å². The lowest BCUT2D eigenvalue weighted by Gasteiger charge is -2.10. The molecule has 2 N–H and O–H groups in total. The molecule has 0 bridgehead atoms. The molecule has 0 aromatic rings. The van der Waals surface area contributed by atoms with Crippen LogP contribution >= 0.6 is 11.8 Å². The van der Waals surface area contributed by atoms with Crippen molar-refractivity contribution < 1.29 is 5.11 Å². The number of rotatable bonds is 4. The van der Waals surface area contributed by atoms with Gasteiger partial charge in [-0.2, -0.15) is 11.8 Å². The van der Waals surface area contributed by atoms with E-state index >= 15 is 0 Å². The van der Waals surface area contributed by atoms with Gasteiger partial charge in [-0.25, -0.2) is 0 Å². The van der Waals surface area contributed by atoms with Crippen LogP contribution in [0.1, 0.15) is 13.3 Å². The zero-order valence-electron chi connectivity index (χ0n) is 7.05. The smallest absolute Gasteiger partial charge is 0.0636 e. The lowest BCUT2D eigenvalue weighted by atomic mass is 10.1. The predicted molar refractivity (Wildman–Crippen MR) is 50.0 cm³/mol. The molecule has 0 aromatic heterocycles. The lowest BCUT2D eigenvalue weighted by Crippen LogP contribution is -2.29. The van der Waals surface area contributed by atoms with Crippen LogP contribution in [-0.4, -0.2) is 35.8 Å². The van der Waals surface area contributed by atoms with E-state index in [2.05, 4.69) is 5.32 Å². The molecule has 2 atom stereocenters. The van der Waals surface area contributed by atoms with Crippen LogP contribution in [-0.2, 0) is 0 Å². The minimum absolute atomic E-state index is 0.205. The number of nitrogens with one attached hydrogen (secondary N) is 1. The van der Waals surface area contributed by atoms with Gasteiger partial charge in [0.25, 0.3) is 0 Å². The van der Waals surface area contributed by atoms with E-state index in [1.165, 1.54) is 17.9 Å². The summed E-state index contributed by atoms with van der Waals surface area (Å²) in [5.74, 6) is 3.46. The molecule has 0 amide bonds. The minimum Gasteiger partial charge on any atom is -0.392 e. The second-order valence-electron chi connectivity index (χ2n) is 3.24. The van der Waals surface area contributed by atoms with Gasteiger partial charge < -0.3 is 10.4 Å². The van der Waals surface area contributed by atoms with Crippen LogP contribution in [0.2, 0.25) is 0 Å². The number of aliphatic hydroxyl groups is 1. The average molecular weight is 175 g/mol. The second-order valence-corrected chi connectivity index (χ2v) is 4.39. The van der Waals surface area contributed by atoms with Gasteiger partial charge in [-0.1, -0.05) is 0 Å². The first-order chi connectivity index (χ1) is 5.29. The van der Waals surface area contributed by atoms with Gasteiger partial charge in [0.05, 0.1) is 6.10 Å². The summed E-state index contributed by atoms with van der Waals surface area (Å²) in [6, 6.07) is 0. The van der Waals surface area contributed by atoms with Gasteiger partial charge in [-0.15, -0.1) is 0 Å². The van der Waals surface area contributed by atoms with Crippen LogP contribution in [0.15, 0.2) is 0 Å². The SMILES string of the molecule is CC(O)CNCC1CCSC1. The van der Waals surface area contributed by atoms with Gasteiger partial charge in [0.2, 0.25) is 0 Å². The van der Waals surface area contributed by atoms with Crippen LogP contribution in [0.25, 0.3) is 0 Å². The molecule has 1 heterocycles. The molecule has 1 saturated heterocycles. The molecule has 2 unspecified atom stereocenters. The Morgan fingerprint density at radius 2 is 2.55 bits per heavy atom. The fourth-order valence-corrected chi connectivity index (χ4v) is 2.53. The molecule has 0 aliphatic carbocycles. The van der Waals surface area contributed by atoms with Crippen molar-refractivity contribution >= 4 is 11.8 Å². The molecular weight excluding hydrogens is 158 g/mol. The summed E-state index contributed by atoms with van der Waals surface area (Å²) in [6.07, 6.45) is 1.14. The van der Waals surface area contributed by atoms with Crippen molar-refractivity contribution in [3.63, 3.8) is 0 Å². The Morgan fingerprint density at radius 1 is 1.73 bits per heavy atom. The van der Waals surface area contributed by atoms with E-state index < -0.39 is 0 Å². The number of aliphatic hydroxyl groups excluding tert-OH is 1. The highest BCUT2D eigenvalue weighted by atomic mass is 32.2. The van der Waals surface area contributed by atoms with Crippen LogP contribution < -0.4 is 5.32 Å². The van der Waals surface area contributed by atoms with Gasteiger partial charge in [0, 0.05) is 6.54 Å². The fraction of sp³-hybridized carbons (Fsp3) is 1.00. The van der Waals surface area contributed by atoms with E-state index in [0.717, 1.165) is 19.0 Å². The van der Waals surface area contributed by atoms with E-state index in [4.69, 9.17) is 5.11 Å². The summed E-state index contributed by atoms with van der Waals surface area (Å²) >= 11 is 2.04. The molecule has 0 aromatic carbocycles. The maximum Gasteiger partial charge on any atom is 0.0636 e. The summed E-state index contributed by atoms with van der Waals surface area (Å²) in [5.41, 5.74) is 0. The van der Waals surface area contributed by atoms with Crippen LogP contribution in [0.5, 0.6) is 0 Å². The normalized spacial score (nSPS) is 27.3. The first kappa shape index (κ1) is 9.36. The third kappa shape index (κ3) is 3.99. The maximum absolute atomic E-state index is 8.96. The summed E-state index contributed by atoms with van der Waals surface area (Å²) < 4.78 is 0. The standard InChI is InChI=1S/C8H17NOS/c1-7(10)4-9-5-8-2-3-11-6-8/h7-10H,2-6H2,1H3. The maximum atomic E-state index is 8.96. The zero-order chi connectivity index (χ0) is 8.10. The Balaban J connectivity index is 1.94. The van der Waals surface area contributed by atoms with Gasteiger partial charge >= 0.3 is 0 Å². The first-order valence-electron chi connectivity index (χ1n) is 4.25. The van der Waals surface area contributed by atoms with Gasteiger partial charge in [0.15, 0.2) is 0 Å². The average Bonchev–Trinajstić information content (AvgIpc) is 2.39. The molecule has 0 spiro atoms. The molecule has 11 heavy (non-hydrogen) atoms. The van der Waals surface area contributed by atoms with Crippen molar-refractivity contribution in [3.8, 4) is 0 Å². The Bertz CT molecular complexity index is 102. The molecule has 1 aliphatic heterocycles. The first-order valence-corrected chi connectivity index (χ1v) is 5.41. The van der Waals surface area contributed by atoms with Crippen LogP contribution in [0.3, 0.4) is 0 Å². The van der Waals surface area contributed by atoms with Crippen molar-refractivity contribution in [2.75, 3.05) is 24.6 Å². The Kier molecular flexibility index (Phi) is 4.26. The zero-order valence-corrected chi connectivity index (χ0v) is 7.86. The van der Waals surface area contributed by atoms with Gasteiger partial charge in [0.1, 0.15) is 0 Å². The van der Waals surface area contributed by atoms with Crippen molar-refractivity contribution in [1.82, 2.24) is 5.32 Å². The van der Waals surface area contributed by atoms with Crippen molar-refractivity contribution in [3.05, 3.63) is 0 Å². The highest BCUT2D eigenvalue weighted by Gasteiger charge is 2.14. The minimum atomic E-state index is -0.205. The Hall–Kier alpha value is 0.270. The van der Waals surface area contributed by atoms with Crippen LogP contribution in [0, 0.1) is 5.92 Å². The van der Waals surface area contributed by atoms with Crippen molar-refractivity contribution in [1.29, 1.82) is 0 Å². The van der Waals surface area contributed by atoms with E-state index in [-0.39, 0.29) is 6.10 Å². The fourth-order valence-electron chi connectivity index (χ4n) is 1.24. The Labute approximate surface area is 72.8 Å². The molecule has 2 nitrogen and oxygen atoms in total. The molecule has 0 saturated carbocycles. The number of thioether (sulfide) groups is 1. The molecule has 1 rings (SSSR count). The largest absolute Gasteiger partial charge is 0.392 e. The summed E-state index contributed by atoms with van der Waals surface area (Å²) in [7, 11) is 0. The summed E-state index contributed by atoms with van der Waals surface area (Å²) in [6.45, 7) is 3.63. The molecule has 0 radical (unpaired) electrons. The third-order valence-corrected chi connectivity index (χ3v) is 3.13. The summed E-state index contributed by atoms with van der Waals surface area (Å²) in [5, 5.41) is 12.2. The second kappa shape index (κ2) is 5.01. The molecule has 66 valence electrons. The third-order valence-electron chi connectivity index (χ3n) is 1.90. The molecule has 1 fully saturated rings.